The first-order valence-electron chi connectivity index (χ1n) is 7.24. The third-order valence-corrected chi connectivity index (χ3v) is 3.61. The van der Waals surface area contributed by atoms with Crippen molar-refractivity contribution in [2.24, 2.45) is 0 Å². The standard InChI is InChI=1S/C20H22/c1-3-17-9-13-19(14-10-17)7-5-6-8-20-15-11-18(4-2)12-16-20/h3-4,9-16H,1-2,5-8H2. The molecule has 0 aliphatic heterocycles. The number of aryl methyl sites for hydroxylation is 2. The predicted molar refractivity (Wildman–Crippen MR) is 89.7 cm³/mol. The minimum atomic E-state index is 1.15. The van der Waals surface area contributed by atoms with Gasteiger partial charge < -0.3 is 0 Å². The third kappa shape index (κ3) is 4.24. The van der Waals surface area contributed by atoms with Crippen LogP contribution in [0.5, 0.6) is 0 Å². The summed E-state index contributed by atoms with van der Waals surface area (Å²) < 4.78 is 0. The zero-order valence-electron chi connectivity index (χ0n) is 12.0. The highest BCUT2D eigenvalue weighted by Gasteiger charge is 1.96. The van der Waals surface area contributed by atoms with Gasteiger partial charge in [-0.15, -0.1) is 0 Å². The molecule has 0 fully saturated rings. The third-order valence-electron chi connectivity index (χ3n) is 3.61. The topological polar surface area (TPSA) is 0 Å². The van der Waals surface area contributed by atoms with E-state index in [4.69, 9.17) is 0 Å². The molecule has 20 heavy (non-hydrogen) atoms. The Labute approximate surface area is 122 Å². The zero-order valence-corrected chi connectivity index (χ0v) is 12.0. The van der Waals surface area contributed by atoms with Crippen LogP contribution < -0.4 is 0 Å². The lowest BCUT2D eigenvalue weighted by Crippen LogP contribution is -1.89. The van der Waals surface area contributed by atoms with E-state index in [0.717, 1.165) is 12.8 Å². The molecule has 0 saturated heterocycles. The Hall–Kier alpha value is -2.08. The van der Waals surface area contributed by atoms with Gasteiger partial charge in [-0.05, 0) is 47.9 Å². The molecule has 0 nitrogen and oxygen atoms in total. The summed E-state index contributed by atoms with van der Waals surface area (Å²) in [6.45, 7) is 7.55. The highest BCUT2D eigenvalue weighted by molar-refractivity contribution is 5.47. The summed E-state index contributed by atoms with van der Waals surface area (Å²) >= 11 is 0. The van der Waals surface area contributed by atoms with E-state index >= 15 is 0 Å². The van der Waals surface area contributed by atoms with Crippen LogP contribution in [-0.4, -0.2) is 0 Å². The first-order valence-corrected chi connectivity index (χ1v) is 7.24. The van der Waals surface area contributed by atoms with Crippen LogP contribution in [-0.2, 0) is 12.8 Å². The molecule has 2 aromatic carbocycles. The molecule has 0 atom stereocenters. The van der Waals surface area contributed by atoms with E-state index in [0.29, 0.717) is 0 Å². The molecular weight excluding hydrogens is 240 g/mol. The second-order valence-electron chi connectivity index (χ2n) is 5.10. The van der Waals surface area contributed by atoms with Gasteiger partial charge >= 0.3 is 0 Å². The van der Waals surface area contributed by atoms with Crippen molar-refractivity contribution >= 4 is 12.2 Å². The van der Waals surface area contributed by atoms with Gasteiger partial charge in [0.25, 0.3) is 0 Å². The Morgan fingerprint density at radius 2 is 0.950 bits per heavy atom. The Morgan fingerprint density at radius 1 is 0.600 bits per heavy atom. The van der Waals surface area contributed by atoms with Gasteiger partial charge in [0.2, 0.25) is 0 Å². The lowest BCUT2D eigenvalue weighted by molar-refractivity contribution is 0.734. The average molecular weight is 262 g/mol. The first kappa shape index (κ1) is 14.3. The van der Waals surface area contributed by atoms with E-state index in [1.807, 2.05) is 12.2 Å². The van der Waals surface area contributed by atoms with Gasteiger partial charge in [0.1, 0.15) is 0 Å². The molecule has 0 unspecified atom stereocenters. The fourth-order valence-corrected chi connectivity index (χ4v) is 2.30. The van der Waals surface area contributed by atoms with Crippen LogP contribution in [0.15, 0.2) is 61.7 Å². The Bertz CT molecular complexity index is 490. The molecule has 0 saturated carbocycles. The van der Waals surface area contributed by atoms with Crippen LogP contribution in [0.2, 0.25) is 0 Å². The van der Waals surface area contributed by atoms with Gasteiger partial charge in [-0.25, -0.2) is 0 Å². The molecule has 0 heteroatoms. The van der Waals surface area contributed by atoms with Gasteiger partial charge in [-0.1, -0.05) is 73.8 Å². The van der Waals surface area contributed by atoms with Crippen LogP contribution in [0.25, 0.3) is 12.2 Å². The largest absolute Gasteiger partial charge is 0.0985 e. The van der Waals surface area contributed by atoms with Crippen molar-refractivity contribution in [3.8, 4) is 0 Å². The summed E-state index contributed by atoms with van der Waals surface area (Å²) in [5.74, 6) is 0. The summed E-state index contributed by atoms with van der Waals surface area (Å²) in [5, 5.41) is 0. The lowest BCUT2D eigenvalue weighted by Gasteiger charge is -2.04. The molecule has 0 heterocycles. The predicted octanol–water partition coefficient (Wildman–Crippen LogP) is 5.54. The van der Waals surface area contributed by atoms with Gasteiger partial charge in [-0.3, -0.25) is 0 Å². The second kappa shape index (κ2) is 7.49. The zero-order chi connectivity index (χ0) is 14.2. The number of unbranched alkanes of at least 4 members (excludes halogenated alkanes) is 1. The van der Waals surface area contributed by atoms with Gasteiger partial charge in [0, 0.05) is 0 Å². The Kier molecular flexibility index (Phi) is 5.37. The van der Waals surface area contributed by atoms with E-state index in [1.165, 1.54) is 35.1 Å². The molecule has 2 rings (SSSR count). The summed E-state index contributed by atoms with van der Waals surface area (Å²) in [5.41, 5.74) is 5.21. The smallest absolute Gasteiger partial charge is 0.0262 e. The van der Waals surface area contributed by atoms with Crippen molar-refractivity contribution in [1.82, 2.24) is 0 Å². The highest BCUT2D eigenvalue weighted by atomic mass is 14.0. The summed E-state index contributed by atoms with van der Waals surface area (Å²) in [6.07, 6.45) is 8.55. The van der Waals surface area contributed by atoms with Crippen LogP contribution in [0.4, 0.5) is 0 Å². The number of rotatable bonds is 7. The highest BCUT2D eigenvalue weighted by Crippen LogP contribution is 2.12. The van der Waals surface area contributed by atoms with E-state index in [2.05, 4.69) is 61.7 Å². The minimum Gasteiger partial charge on any atom is -0.0985 e. The number of benzene rings is 2. The molecule has 0 radical (unpaired) electrons. The molecular formula is C20H22. The lowest BCUT2D eigenvalue weighted by atomic mass is 10.0. The van der Waals surface area contributed by atoms with E-state index in [1.54, 1.807) is 0 Å². The van der Waals surface area contributed by atoms with Crippen molar-refractivity contribution in [2.75, 3.05) is 0 Å². The van der Waals surface area contributed by atoms with Crippen molar-refractivity contribution in [1.29, 1.82) is 0 Å². The number of hydrogen-bond donors (Lipinski definition) is 0. The Morgan fingerprint density at radius 3 is 1.25 bits per heavy atom. The molecule has 0 spiro atoms. The van der Waals surface area contributed by atoms with Crippen molar-refractivity contribution < 1.29 is 0 Å². The normalized spacial score (nSPS) is 10.2. The minimum absolute atomic E-state index is 1.15. The maximum atomic E-state index is 3.78. The van der Waals surface area contributed by atoms with Gasteiger partial charge in [-0.2, -0.15) is 0 Å². The Balaban J connectivity index is 1.74. The van der Waals surface area contributed by atoms with Crippen LogP contribution in [0, 0.1) is 0 Å². The molecule has 102 valence electrons. The molecule has 0 aliphatic rings. The molecule has 0 N–H and O–H groups in total. The van der Waals surface area contributed by atoms with Crippen molar-refractivity contribution in [3.05, 3.63) is 83.9 Å². The maximum absolute atomic E-state index is 3.78. The van der Waals surface area contributed by atoms with Gasteiger partial charge in [0.05, 0.1) is 0 Å². The molecule has 0 aliphatic carbocycles. The average Bonchev–Trinajstić information content (AvgIpc) is 2.53. The fraction of sp³-hybridized carbons (Fsp3) is 0.200. The van der Waals surface area contributed by atoms with E-state index in [9.17, 15) is 0 Å². The molecule has 0 amide bonds. The monoisotopic (exact) mass is 262 g/mol. The first-order chi connectivity index (χ1) is 9.81. The van der Waals surface area contributed by atoms with Crippen molar-refractivity contribution in [3.63, 3.8) is 0 Å². The summed E-state index contributed by atoms with van der Waals surface area (Å²) in [7, 11) is 0. The van der Waals surface area contributed by atoms with Crippen LogP contribution >= 0.6 is 0 Å². The summed E-state index contributed by atoms with van der Waals surface area (Å²) in [6, 6.07) is 17.4. The van der Waals surface area contributed by atoms with Crippen molar-refractivity contribution in [2.45, 2.75) is 25.7 Å². The van der Waals surface area contributed by atoms with Crippen LogP contribution in [0.1, 0.15) is 35.1 Å². The SMILES string of the molecule is C=Cc1ccc(CCCCc2ccc(C=C)cc2)cc1. The van der Waals surface area contributed by atoms with Crippen LogP contribution in [0.3, 0.4) is 0 Å². The summed E-state index contributed by atoms with van der Waals surface area (Å²) in [4.78, 5) is 0. The molecule has 2 aromatic rings. The second-order valence-corrected chi connectivity index (χ2v) is 5.10. The van der Waals surface area contributed by atoms with E-state index in [-0.39, 0.29) is 0 Å². The van der Waals surface area contributed by atoms with E-state index < -0.39 is 0 Å². The molecule has 0 bridgehead atoms. The quantitative estimate of drug-likeness (QED) is 0.575. The number of hydrogen-bond acceptors (Lipinski definition) is 0. The maximum Gasteiger partial charge on any atom is -0.0262 e. The fourth-order valence-electron chi connectivity index (χ4n) is 2.30. The van der Waals surface area contributed by atoms with Gasteiger partial charge in [0.15, 0.2) is 0 Å². The molecule has 0 aromatic heterocycles.